The van der Waals surface area contributed by atoms with Crippen LogP contribution in [0, 0.1) is 10.4 Å². The Morgan fingerprint density at radius 1 is 0.727 bits per heavy atom. The minimum absolute atomic E-state index is 0.210. The fourth-order valence-electron chi connectivity index (χ4n) is 5.21. The molecule has 0 aliphatic carbocycles. The Morgan fingerprint density at radius 3 is 1.52 bits per heavy atom. The van der Waals surface area contributed by atoms with Crippen molar-refractivity contribution in [3.63, 3.8) is 0 Å². The van der Waals surface area contributed by atoms with Crippen LogP contribution in [0.1, 0.15) is 32.1 Å². The number of para-hydroxylation sites is 2. The lowest BCUT2D eigenvalue weighted by Crippen LogP contribution is -2.55. The standard InChI is InChI=1S/C25H32N4O4/c30-24(26-20-10-3-1-4-11-20)22-14-7-16-28(22,32)18-9-19-29(33)17-8-15-23(29)25(31)27-21-12-5-2-6-13-21/h1-6,10-13,22-23H,7-9,14-19H2,(H,26,30)(H,27,31)/t22-,23-,28?,29?/m0/s1. The highest BCUT2D eigenvalue weighted by molar-refractivity contribution is 5.94. The van der Waals surface area contributed by atoms with Gasteiger partial charge in [-0.05, 0) is 24.3 Å². The number of anilines is 2. The lowest BCUT2D eigenvalue weighted by atomic mass is 10.1. The molecule has 176 valence electrons. The molecule has 8 heteroatoms. The second-order valence-electron chi connectivity index (χ2n) is 9.18. The molecule has 8 nitrogen and oxygen atoms in total. The Balaban J connectivity index is 1.33. The zero-order chi connectivity index (χ0) is 23.3. The van der Waals surface area contributed by atoms with Crippen LogP contribution in [0.3, 0.4) is 0 Å². The lowest BCUT2D eigenvalue weighted by Gasteiger charge is -2.46. The molecule has 4 atom stereocenters. The van der Waals surface area contributed by atoms with E-state index in [1.807, 2.05) is 36.4 Å². The van der Waals surface area contributed by atoms with Gasteiger partial charge in [0.2, 0.25) is 0 Å². The second kappa shape index (κ2) is 10.0. The number of carbonyl (C=O) groups excluding carboxylic acids is 2. The number of quaternary nitrogens is 2. The number of hydrogen-bond donors (Lipinski definition) is 2. The highest BCUT2D eigenvalue weighted by atomic mass is 16.6. The van der Waals surface area contributed by atoms with Crippen LogP contribution in [-0.2, 0) is 9.59 Å². The fraction of sp³-hybridized carbons (Fsp3) is 0.440. The van der Waals surface area contributed by atoms with Crippen molar-refractivity contribution in [2.45, 2.75) is 44.2 Å². The molecule has 0 radical (unpaired) electrons. The van der Waals surface area contributed by atoms with Crippen LogP contribution < -0.4 is 10.6 Å². The summed E-state index contributed by atoms with van der Waals surface area (Å²) in [7, 11) is 0. The van der Waals surface area contributed by atoms with E-state index in [1.54, 1.807) is 24.3 Å². The average molecular weight is 453 g/mol. The van der Waals surface area contributed by atoms with E-state index < -0.39 is 21.4 Å². The third-order valence-corrected chi connectivity index (χ3v) is 6.93. The van der Waals surface area contributed by atoms with E-state index in [0.717, 1.165) is 0 Å². The number of likely N-dealkylation sites (tertiary alicyclic amines) is 2. The van der Waals surface area contributed by atoms with Crippen LogP contribution in [0.4, 0.5) is 11.4 Å². The van der Waals surface area contributed by atoms with E-state index >= 15 is 0 Å². The van der Waals surface area contributed by atoms with Crippen molar-refractivity contribution in [2.24, 2.45) is 0 Å². The van der Waals surface area contributed by atoms with Crippen LogP contribution in [-0.4, -0.2) is 59.4 Å². The average Bonchev–Trinajstić information content (AvgIpc) is 3.38. The lowest BCUT2D eigenvalue weighted by molar-refractivity contribution is -0.902. The largest absolute Gasteiger partial charge is 0.632 e. The van der Waals surface area contributed by atoms with E-state index in [0.29, 0.717) is 56.6 Å². The number of hydrogen-bond acceptors (Lipinski definition) is 4. The van der Waals surface area contributed by atoms with Crippen LogP contribution >= 0.6 is 0 Å². The zero-order valence-corrected chi connectivity index (χ0v) is 18.8. The van der Waals surface area contributed by atoms with Crippen molar-refractivity contribution in [3.8, 4) is 0 Å². The molecule has 33 heavy (non-hydrogen) atoms. The van der Waals surface area contributed by atoms with Crippen molar-refractivity contribution in [1.82, 2.24) is 0 Å². The highest BCUT2D eigenvalue weighted by Crippen LogP contribution is 2.30. The number of carbonyl (C=O) groups is 2. The van der Waals surface area contributed by atoms with Gasteiger partial charge in [0, 0.05) is 43.5 Å². The smallest absolute Gasteiger partial charge is 0.283 e. The molecule has 2 aromatic rings. The number of nitrogens with one attached hydrogen (secondary N) is 2. The molecule has 2 heterocycles. The van der Waals surface area contributed by atoms with Gasteiger partial charge >= 0.3 is 0 Å². The van der Waals surface area contributed by atoms with Gasteiger partial charge in [0.1, 0.15) is 0 Å². The van der Waals surface area contributed by atoms with Crippen molar-refractivity contribution in [1.29, 1.82) is 0 Å². The van der Waals surface area contributed by atoms with E-state index in [-0.39, 0.29) is 24.9 Å². The first-order valence-corrected chi connectivity index (χ1v) is 11.8. The molecule has 0 spiro atoms. The Hall–Kier alpha value is -2.78. The molecule has 0 aromatic heterocycles. The van der Waals surface area contributed by atoms with E-state index in [1.165, 1.54) is 0 Å². The van der Waals surface area contributed by atoms with Crippen LogP contribution in [0.25, 0.3) is 0 Å². The molecule has 0 saturated carbocycles. The molecule has 2 fully saturated rings. The number of benzene rings is 2. The van der Waals surface area contributed by atoms with E-state index in [9.17, 15) is 20.0 Å². The van der Waals surface area contributed by atoms with Crippen molar-refractivity contribution < 1.29 is 18.9 Å². The van der Waals surface area contributed by atoms with Gasteiger partial charge in [-0.2, -0.15) is 0 Å². The first-order chi connectivity index (χ1) is 15.9. The molecule has 4 rings (SSSR count). The van der Waals surface area contributed by atoms with Crippen LogP contribution in [0.2, 0.25) is 0 Å². The van der Waals surface area contributed by atoms with Gasteiger partial charge in [-0.25, -0.2) is 0 Å². The van der Waals surface area contributed by atoms with E-state index in [4.69, 9.17) is 0 Å². The Morgan fingerprint density at radius 2 is 1.12 bits per heavy atom. The van der Waals surface area contributed by atoms with Gasteiger partial charge in [-0.15, -0.1) is 0 Å². The predicted molar refractivity (Wildman–Crippen MR) is 128 cm³/mol. The molecule has 2 saturated heterocycles. The maximum absolute atomic E-state index is 13.5. The quantitative estimate of drug-likeness (QED) is 0.472. The number of nitrogens with zero attached hydrogens (tertiary/aromatic N) is 2. The molecule has 2 amide bonds. The molecular weight excluding hydrogens is 420 g/mol. The summed E-state index contributed by atoms with van der Waals surface area (Å²) < 4.78 is -1.20. The van der Waals surface area contributed by atoms with Gasteiger partial charge in [0.05, 0.1) is 26.2 Å². The number of rotatable bonds is 8. The summed E-state index contributed by atoms with van der Waals surface area (Å²) in [6.07, 6.45) is 2.85. The summed E-state index contributed by atoms with van der Waals surface area (Å²) >= 11 is 0. The highest BCUT2D eigenvalue weighted by Gasteiger charge is 2.43. The molecule has 2 unspecified atom stereocenters. The minimum Gasteiger partial charge on any atom is -0.632 e. The van der Waals surface area contributed by atoms with Gasteiger partial charge in [-0.1, -0.05) is 36.4 Å². The minimum atomic E-state index is -0.666. The topological polar surface area (TPSA) is 104 Å². The molecule has 2 aliphatic heterocycles. The van der Waals surface area contributed by atoms with E-state index in [2.05, 4.69) is 10.6 Å². The Bertz CT molecular complexity index is 880. The zero-order valence-electron chi connectivity index (χ0n) is 18.8. The van der Waals surface area contributed by atoms with Gasteiger partial charge in [-0.3, -0.25) is 9.59 Å². The van der Waals surface area contributed by atoms with Gasteiger partial charge in [0.15, 0.2) is 12.1 Å². The Kier molecular flexibility index (Phi) is 7.09. The fourth-order valence-corrected chi connectivity index (χ4v) is 5.21. The number of hydroxylamine groups is 6. The van der Waals surface area contributed by atoms with Gasteiger partial charge < -0.3 is 30.3 Å². The summed E-state index contributed by atoms with van der Waals surface area (Å²) in [4.78, 5) is 25.6. The molecule has 0 bridgehead atoms. The van der Waals surface area contributed by atoms with Gasteiger partial charge in [0.25, 0.3) is 11.8 Å². The first kappa shape index (κ1) is 23.4. The summed E-state index contributed by atoms with van der Waals surface area (Å²) in [6.45, 7) is 1.18. The van der Waals surface area contributed by atoms with Crippen LogP contribution in [0.15, 0.2) is 60.7 Å². The third kappa shape index (κ3) is 5.42. The van der Waals surface area contributed by atoms with Crippen molar-refractivity contribution >= 4 is 23.2 Å². The summed E-state index contributed by atoms with van der Waals surface area (Å²) in [5, 5.41) is 32.7. The monoisotopic (exact) mass is 452 g/mol. The predicted octanol–water partition coefficient (Wildman–Crippen LogP) is 3.61. The van der Waals surface area contributed by atoms with Crippen LogP contribution in [0.5, 0.6) is 0 Å². The summed E-state index contributed by atoms with van der Waals surface area (Å²) in [6, 6.07) is 16.9. The molecule has 2 aromatic carbocycles. The normalized spacial score (nSPS) is 29.0. The van der Waals surface area contributed by atoms with Crippen molar-refractivity contribution in [2.75, 3.05) is 36.8 Å². The molecule has 2 aliphatic rings. The maximum Gasteiger partial charge on any atom is 0.283 e. The second-order valence-corrected chi connectivity index (χ2v) is 9.18. The Labute approximate surface area is 194 Å². The summed E-state index contributed by atoms with van der Waals surface area (Å²) in [5.41, 5.74) is 1.35. The number of amides is 2. The molecular formula is C25H32N4O4. The maximum atomic E-state index is 13.5. The SMILES string of the molecule is O=C(Nc1ccccc1)[C@@H]1CCC[N+]1([O-])CCC[N+]1([O-])CCC[C@H]1C(=O)Nc1ccccc1. The first-order valence-electron chi connectivity index (χ1n) is 11.8. The van der Waals surface area contributed by atoms with Crippen molar-refractivity contribution in [3.05, 3.63) is 71.1 Å². The molecule has 2 N–H and O–H groups in total. The summed E-state index contributed by atoms with van der Waals surface area (Å²) in [5.74, 6) is -0.526. The third-order valence-electron chi connectivity index (χ3n) is 6.93.